The molecule has 0 spiro atoms. The second-order valence-electron chi connectivity index (χ2n) is 9.36. The highest BCUT2D eigenvalue weighted by atomic mass is 16.1. The summed E-state index contributed by atoms with van der Waals surface area (Å²) in [7, 11) is 0. The van der Waals surface area contributed by atoms with E-state index in [1.54, 1.807) is 0 Å². The molecule has 0 saturated heterocycles. The van der Waals surface area contributed by atoms with Crippen molar-refractivity contribution in [3.63, 3.8) is 0 Å². The summed E-state index contributed by atoms with van der Waals surface area (Å²) in [5.74, 6) is 3.07. The number of hydrogen-bond acceptors (Lipinski definition) is 1. The Labute approximate surface area is 136 Å². The largest absolute Gasteiger partial charge is 0.346 e. The van der Waals surface area contributed by atoms with Crippen molar-refractivity contribution in [1.82, 2.24) is 5.32 Å². The minimum atomic E-state index is 0.0523. The topological polar surface area (TPSA) is 29.1 Å². The van der Waals surface area contributed by atoms with Gasteiger partial charge < -0.3 is 5.32 Å². The van der Waals surface area contributed by atoms with E-state index in [-0.39, 0.29) is 11.4 Å². The number of carbonyl (C=O) groups excluding carboxylic acids is 1. The lowest BCUT2D eigenvalue weighted by atomic mass is 9.43. The highest BCUT2D eigenvalue weighted by Gasteiger charge is 2.60. The Morgan fingerprint density at radius 1 is 1.23 bits per heavy atom. The first kappa shape index (κ1) is 16.1. The zero-order chi connectivity index (χ0) is 16.1. The van der Waals surface area contributed by atoms with Crippen molar-refractivity contribution < 1.29 is 4.79 Å². The van der Waals surface area contributed by atoms with Crippen molar-refractivity contribution in [2.24, 2.45) is 29.1 Å². The number of rotatable bonds is 5. The molecular formula is C20H33NO. The maximum atomic E-state index is 12.5. The fourth-order valence-electron chi connectivity index (χ4n) is 6.01. The summed E-state index contributed by atoms with van der Waals surface area (Å²) in [5.41, 5.74) is 1.26. The van der Waals surface area contributed by atoms with Crippen LogP contribution in [0.2, 0.25) is 0 Å². The molecule has 1 amide bonds. The van der Waals surface area contributed by atoms with E-state index < -0.39 is 0 Å². The quantitative estimate of drug-likeness (QED) is 0.733. The van der Waals surface area contributed by atoms with E-state index in [0.29, 0.717) is 28.7 Å². The van der Waals surface area contributed by atoms with Crippen LogP contribution in [0.25, 0.3) is 0 Å². The predicted octanol–water partition coefficient (Wildman–Crippen LogP) is 4.70. The third-order valence-corrected chi connectivity index (χ3v) is 6.82. The Balaban J connectivity index is 1.88. The molecule has 4 bridgehead atoms. The second-order valence-corrected chi connectivity index (χ2v) is 9.36. The molecular weight excluding hydrogens is 270 g/mol. The molecule has 2 nitrogen and oxygen atoms in total. The molecule has 0 aromatic rings. The maximum absolute atomic E-state index is 12.5. The van der Waals surface area contributed by atoms with E-state index in [9.17, 15) is 4.79 Å². The zero-order valence-electron chi connectivity index (χ0n) is 14.9. The van der Waals surface area contributed by atoms with Crippen molar-refractivity contribution in [1.29, 1.82) is 0 Å². The van der Waals surface area contributed by atoms with Crippen LogP contribution in [0, 0.1) is 29.1 Å². The fourth-order valence-corrected chi connectivity index (χ4v) is 6.01. The van der Waals surface area contributed by atoms with E-state index in [2.05, 4.69) is 32.7 Å². The standard InChI is InChI=1S/C20H33NO/c1-13(2)6-7-20(21-18(22)14(3)4)16-8-15-9-17(20)12-19(5,10-15)11-16/h13,15-17H,3,6-12H2,1-2,4-5H3,(H,21,22). The maximum Gasteiger partial charge on any atom is 0.246 e. The third kappa shape index (κ3) is 2.63. The molecule has 2 heteroatoms. The molecule has 124 valence electrons. The fraction of sp³-hybridized carbons (Fsp3) is 0.850. The van der Waals surface area contributed by atoms with Gasteiger partial charge in [0.1, 0.15) is 0 Å². The van der Waals surface area contributed by atoms with Crippen LogP contribution in [0.3, 0.4) is 0 Å². The summed E-state index contributed by atoms with van der Waals surface area (Å²) in [6.07, 6.45) is 9.09. The van der Waals surface area contributed by atoms with Crippen molar-refractivity contribution >= 4 is 5.91 Å². The molecule has 0 aromatic carbocycles. The molecule has 4 saturated carbocycles. The summed E-state index contributed by atoms with van der Waals surface area (Å²) >= 11 is 0. The van der Waals surface area contributed by atoms with Gasteiger partial charge in [-0.15, -0.1) is 0 Å². The van der Waals surface area contributed by atoms with Gasteiger partial charge >= 0.3 is 0 Å². The van der Waals surface area contributed by atoms with Gasteiger partial charge in [-0.3, -0.25) is 4.79 Å². The SMILES string of the molecule is C=C(C)C(=O)NC1(CCC(C)C)C2CC3CC1CC(C)(C3)C2. The van der Waals surface area contributed by atoms with Crippen molar-refractivity contribution in [3.8, 4) is 0 Å². The molecule has 1 N–H and O–H groups in total. The molecule has 0 radical (unpaired) electrons. The van der Waals surface area contributed by atoms with E-state index in [0.717, 1.165) is 12.3 Å². The van der Waals surface area contributed by atoms with Crippen LogP contribution in [-0.4, -0.2) is 11.4 Å². The molecule has 22 heavy (non-hydrogen) atoms. The predicted molar refractivity (Wildman–Crippen MR) is 91.4 cm³/mol. The van der Waals surface area contributed by atoms with Crippen LogP contribution in [0.1, 0.15) is 72.6 Å². The zero-order valence-corrected chi connectivity index (χ0v) is 14.9. The summed E-state index contributed by atoms with van der Waals surface area (Å²) in [6, 6.07) is 0. The Morgan fingerprint density at radius 3 is 2.27 bits per heavy atom. The van der Waals surface area contributed by atoms with Crippen molar-refractivity contribution in [3.05, 3.63) is 12.2 Å². The normalized spacial score (nSPS) is 42.7. The van der Waals surface area contributed by atoms with E-state index >= 15 is 0 Å². The molecule has 2 unspecified atom stereocenters. The van der Waals surface area contributed by atoms with Gasteiger partial charge in [0.05, 0.1) is 0 Å². The number of hydrogen-bond donors (Lipinski definition) is 1. The molecule has 0 aromatic heterocycles. The van der Waals surface area contributed by atoms with Gasteiger partial charge in [-0.1, -0.05) is 27.4 Å². The minimum Gasteiger partial charge on any atom is -0.346 e. The monoisotopic (exact) mass is 303 g/mol. The molecule has 4 fully saturated rings. The van der Waals surface area contributed by atoms with E-state index in [4.69, 9.17) is 0 Å². The first-order chi connectivity index (χ1) is 10.2. The van der Waals surface area contributed by atoms with Gasteiger partial charge in [0.25, 0.3) is 0 Å². The number of carbonyl (C=O) groups is 1. The van der Waals surface area contributed by atoms with Crippen LogP contribution in [0.5, 0.6) is 0 Å². The molecule has 0 aliphatic heterocycles. The molecule has 4 rings (SSSR count). The Kier molecular flexibility index (Phi) is 3.94. The van der Waals surface area contributed by atoms with Gasteiger partial charge in [0.2, 0.25) is 5.91 Å². The lowest BCUT2D eigenvalue weighted by Gasteiger charge is -2.65. The Hall–Kier alpha value is -0.790. The highest BCUT2D eigenvalue weighted by Crippen LogP contribution is 2.64. The third-order valence-electron chi connectivity index (χ3n) is 6.82. The minimum absolute atomic E-state index is 0.0523. The highest BCUT2D eigenvalue weighted by molar-refractivity contribution is 5.92. The van der Waals surface area contributed by atoms with Gasteiger partial charge in [-0.05, 0) is 81.0 Å². The number of nitrogens with one attached hydrogen (secondary N) is 1. The smallest absolute Gasteiger partial charge is 0.246 e. The second kappa shape index (κ2) is 5.39. The first-order valence-corrected chi connectivity index (χ1v) is 9.22. The summed E-state index contributed by atoms with van der Waals surface area (Å²) < 4.78 is 0. The molecule has 2 atom stereocenters. The first-order valence-electron chi connectivity index (χ1n) is 9.22. The molecule has 4 aliphatic rings. The van der Waals surface area contributed by atoms with Crippen LogP contribution in [0.15, 0.2) is 12.2 Å². The Morgan fingerprint density at radius 2 is 1.82 bits per heavy atom. The average Bonchev–Trinajstić information content (AvgIpc) is 2.39. The van der Waals surface area contributed by atoms with Gasteiger partial charge in [0, 0.05) is 11.1 Å². The van der Waals surface area contributed by atoms with E-state index in [1.807, 2.05) is 6.92 Å². The summed E-state index contributed by atoms with van der Waals surface area (Å²) in [6.45, 7) is 12.8. The van der Waals surface area contributed by atoms with Crippen LogP contribution in [0.4, 0.5) is 0 Å². The van der Waals surface area contributed by atoms with Gasteiger partial charge in [-0.2, -0.15) is 0 Å². The Bertz CT molecular complexity index is 462. The van der Waals surface area contributed by atoms with Crippen molar-refractivity contribution in [2.45, 2.75) is 78.2 Å². The average molecular weight is 303 g/mol. The van der Waals surface area contributed by atoms with Crippen LogP contribution < -0.4 is 5.32 Å². The van der Waals surface area contributed by atoms with Crippen molar-refractivity contribution in [2.75, 3.05) is 0 Å². The van der Waals surface area contributed by atoms with Gasteiger partial charge in [-0.25, -0.2) is 0 Å². The lowest BCUT2D eigenvalue weighted by molar-refractivity contribution is -0.139. The van der Waals surface area contributed by atoms with Gasteiger partial charge in [0.15, 0.2) is 0 Å². The van der Waals surface area contributed by atoms with Crippen LogP contribution >= 0.6 is 0 Å². The number of amides is 1. The summed E-state index contributed by atoms with van der Waals surface area (Å²) in [5, 5.41) is 3.51. The molecule has 0 heterocycles. The summed E-state index contributed by atoms with van der Waals surface area (Å²) in [4.78, 5) is 12.5. The lowest BCUT2D eigenvalue weighted by Crippen LogP contribution is -2.67. The molecule has 4 aliphatic carbocycles. The van der Waals surface area contributed by atoms with E-state index in [1.165, 1.54) is 38.5 Å². The van der Waals surface area contributed by atoms with Crippen LogP contribution in [-0.2, 0) is 4.79 Å².